The molecule has 0 spiro atoms. The zero-order valence-corrected chi connectivity index (χ0v) is 13.5. The third-order valence-corrected chi connectivity index (χ3v) is 4.03. The lowest BCUT2D eigenvalue weighted by Crippen LogP contribution is -2.41. The minimum atomic E-state index is -0.0353. The number of aryl methyl sites for hydroxylation is 2. The smallest absolute Gasteiger partial charge is 0.272 e. The Morgan fingerprint density at radius 2 is 1.83 bits per heavy atom. The zero-order valence-electron chi connectivity index (χ0n) is 13.5. The van der Waals surface area contributed by atoms with Crippen molar-refractivity contribution >= 4 is 17.3 Å². The van der Waals surface area contributed by atoms with Gasteiger partial charge in [-0.05, 0) is 37.1 Å². The molecule has 0 bridgehead atoms. The third-order valence-electron chi connectivity index (χ3n) is 4.03. The predicted octanol–water partition coefficient (Wildman–Crippen LogP) is 2.91. The number of anilines is 2. The maximum atomic E-state index is 12.4. The van der Waals surface area contributed by atoms with Crippen molar-refractivity contribution in [2.75, 3.05) is 31.6 Å². The Balaban J connectivity index is 1.73. The summed E-state index contributed by atoms with van der Waals surface area (Å²) in [5.41, 5.74) is 4.79. The number of para-hydroxylation sites is 1. The Morgan fingerprint density at radius 3 is 2.43 bits per heavy atom. The first-order chi connectivity index (χ1) is 11.1. The zero-order chi connectivity index (χ0) is 16.2. The van der Waals surface area contributed by atoms with Gasteiger partial charge in [-0.25, -0.2) is 4.98 Å². The molecule has 5 heteroatoms. The van der Waals surface area contributed by atoms with Gasteiger partial charge in [-0.2, -0.15) is 0 Å². The molecule has 3 rings (SSSR count). The summed E-state index contributed by atoms with van der Waals surface area (Å²) in [5.74, 6) is -0.0353. The maximum Gasteiger partial charge on any atom is 0.272 e. The monoisotopic (exact) mass is 311 g/mol. The van der Waals surface area contributed by atoms with Crippen LogP contribution in [-0.2, 0) is 4.74 Å². The quantitative estimate of drug-likeness (QED) is 0.947. The van der Waals surface area contributed by atoms with Crippen molar-refractivity contribution in [3.8, 4) is 0 Å². The molecule has 0 radical (unpaired) electrons. The first kappa shape index (κ1) is 15.5. The van der Waals surface area contributed by atoms with Crippen LogP contribution in [0.25, 0.3) is 0 Å². The standard InChI is InChI=1S/C18H21N3O2/c1-13-4-3-5-14(2)17(13)20-15-6-7-16(19-12-15)18(22)21-8-10-23-11-9-21/h3-7,12,20H,8-11H2,1-2H3. The number of rotatable bonds is 3. The lowest BCUT2D eigenvalue weighted by Gasteiger charge is -2.26. The molecule has 23 heavy (non-hydrogen) atoms. The second-order valence-corrected chi connectivity index (χ2v) is 5.73. The minimum absolute atomic E-state index is 0.0353. The van der Waals surface area contributed by atoms with Crippen LogP contribution in [0, 0.1) is 13.8 Å². The molecule has 1 N–H and O–H groups in total. The predicted molar refractivity (Wildman–Crippen MR) is 90.2 cm³/mol. The van der Waals surface area contributed by atoms with Crippen molar-refractivity contribution in [1.82, 2.24) is 9.88 Å². The summed E-state index contributed by atoms with van der Waals surface area (Å²) in [6.07, 6.45) is 1.71. The van der Waals surface area contributed by atoms with Gasteiger partial charge in [0.2, 0.25) is 0 Å². The minimum Gasteiger partial charge on any atom is -0.378 e. The second kappa shape index (κ2) is 6.79. The number of nitrogens with one attached hydrogen (secondary N) is 1. The van der Waals surface area contributed by atoms with Gasteiger partial charge in [-0.3, -0.25) is 4.79 Å². The first-order valence-electron chi connectivity index (χ1n) is 7.81. The summed E-state index contributed by atoms with van der Waals surface area (Å²) < 4.78 is 5.27. The van der Waals surface area contributed by atoms with Gasteiger partial charge in [0.15, 0.2) is 0 Å². The molecule has 1 fully saturated rings. The number of benzene rings is 1. The molecule has 1 aromatic carbocycles. The largest absolute Gasteiger partial charge is 0.378 e. The van der Waals surface area contributed by atoms with Gasteiger partial charge < -0.3 is 15.0 Å². The van der Waals surface area contributed by atoms with Crippen molar-refractivity contribution in [1.29, 1.82) is 0 Å². The molecule has 5 nitrogen and oxygen atoms in total. The van der Waals surface area contributed by atoms with Crippen LogP contribution in [0.1, 0.15) is 21.6 Å². The molecule has 0 aliphatic carbocycles. The highest BCUT2D eigenvalue weighted by molar-refractivity contribution is 5.92. The topological polar surface area (TPSA) is 54.5 Å². The summed E-state index contributed by atoms with van der Waals surface area (Å²) in [6.45, 7) is 6.58. The summed E-state index contributed by atoms with van der Waals surface area (Å²) in [7, 11) is 0. The molecule has 120 valence electrons. The van der Waals surface area contributed by atoms with Crippen LogP contribution in [0.4, 0.5) is 11.4 Å². The molecule has 0 unspecified atom stereocenters. The Bertz CT molecular complexity index is 672. The van der Waals surface area contributed by atoms with E-state index in [4.69, 9.17) is 4.74 Å². The average molecular weight is 311 g/mol. The lowest BCUT2D eigenvalue weighted by atomic mass is 10.1. The van der Waals surface area contributed by atoms with Crippen LogP contribution >= 0.6 is 0 Å². The second-order valence-electron chi connectivity index (χ2n) is 5.73. The van der Waals surface area contributed by atoms with Crippen LogP contribution in [-0.4, -0.2) is 42.1 Å². The maximum absolute atomic E-state index is 12.4. The van der Waals surface area contributed by atoms with E-state index in [-0.39, 0.29) is 5.91 Å². The molecule has 2 aromatic rings. The Labute approximate surface area is 136 Å². The van der Waals surface area contributed by atoms with E-state index in [0.29, 0.717) is 32.0 Å². The molecular weight excluding hydrogens is 290 g/mol. The van der Waals surface area contributed by atoms with E-state index >= 15 is 0 Å². The van der Waals surface area contributed by atoms with Crippen LogP contribution in [0.5, 0.6) is 0 Å². The van der Waals surface area contributed by atoms with Gasteiger partial charge >= 0.3 is 0 Å². The van der Waals surface area contributed by atoms with Crippen LogP contribution in [0.2, 0.25) is 0 Å². The van der Waals surface area contributed by atoms with Crippen molar-refractivity contribution < 1.29 is 9.53 Å². The van der Waals surface area contributed by atoms with E-state index in [0.717, 1.165) is 11.4 Å². The molecule has 1 aliphatic rings. The van der Waals surface area contributed by atoms with Crippen molar-refractivity contribution in [2.24, 2.45) is 0 Å². The van der Waals surface area contributed by atoms with Gasteiger partial charge in [0.05, 0.1) is 25.1 Å². The fourth-order valence-corrected chi connectivity index (χ4v) is 2.68. The number of morpholine rings is 1. The van der Waals surface area contributed by atoms with E-state index in [2.05, 4.69) is 36.3 Å². The van der Waals surface area contributed by atoms with E-state index < -0.39 is 0 Å². The number of aromatic nitrogens is 1. The van der Waals surface area contributed by atoms with Gasteiger partial charge in [0.1, 0.15) is 5.69 Å². The summed E-state index contributed by atoms with van der Waals surface area (Å²) in [5, 5.41) is 3.38. The molecular formula is C18H21N3O2. The van der Waals surface area contributed by atoms with E-state index in [1.807, 2.05) is 12.1 Å². The molecule has 1 aliphatic heterocycles. The average Bonchev–Trinajstić information content (AvgIpc) is 2.59. The molecule has 0 saturated carbocycles. The molecule has 0 atom stereocenters. The number of carbonyl (C=O) groups excluding carboxylic acids is 1. The SMILES string of the molecule is Cc1cccc(C)c1Nc1ccc(C(=O)N2CCOCC2)nc1. The molecule has 1 aromatic heterocycles. The van der Waals surface area contributed by atoms with Crippen LogP contribution in [0.15, 0.2) is 36.5 Å². The van der Waals surface area contributed by atoms with E-state index in [1.165, 1.54) is 11.1 Å². The number of ether oxygens (including phenoxy) is 1. The number of carbonyl (C=O) groups is 1. The highest BCUT2D eigenvalue weighted by Gasteiger charge is 2.19. The van der Waals surface area contributed by atoms with Gasteiger partial charge in [-0.1, -0.05) is 18.2 Å². The molecule has 1 amide bonds. The highest BCUT2D eigenvalue weighted by atomic mass is 16.5. The number of amides is 1. The first-order valence-corrected chi connectivity index (χ1v) is 7.81. The van der Waals surface area contributed by atoms with E-state index in [9.17, 15) is 4.79 Å². The van der Waals surface area contributed by atoms with Crippen LogP contribution in [0.3, 0.4) is 0 Å². The summed E-state index contributed by atoms with van der Waals surface area (Å²) in [4.78, 5) is 18.5. The summed E-state index contributed by atoms with van der Waals surface area (Å²) in [6, 6.07) is 9.84. The Kier molecular flexibility index (Phi) is 4.57. The van der Waals surface area contributed by atoms with Gasteiger partial charge in [-0.15, -0.1) is 0 Å². The number of hydrogen-bond donors (Lipinski definition) is 1. The van der Waals surface area contributed by atoms with Crippen molar-refractivity contribution in [3.63, 3.8) is 0 Å². The molecule has 2 heterocycles. The van der Waals surface area contributed by atoms with Crippen LogP contribution < -0.4 is 5.32 Å². The Hall–Kier alpha value is -2.40. The fraction of sp³-hybridized carbons (Fsp3) is 0.333. The number of nitrogens with zero attached hydrogens (tertiary/aromatic N) is 2. The third kappa shape index (κ3) is 3.51. The van der Waals surface area contributed by atoms with Gasteiger partial charge in [0.25, 0.3) is 5.91 Å². The molecule has 1 saturated heterocycles. The highest BCUT2D eigenvalue weighted by Crippen LogP contribution is 2.24. The van der Waals surface area contributed by atoms with Gasteiger partial charge in [0, 0.05) is 18.8 Å². The number of pyridine rings is 1. The lowest BCUT2D eigenvalue weighted by molar-refractivity contribution is 0.0299. The van der Waals surface area contributed by atoms with Crippen molar-refractivity contribution in [2.45, 2.75) is 13.8 Å². The number of hydrogen-bond acceptors (Lipinski definition) is 4. The Morgan fingerprint density at radius 1 is 1.13 bits per heavy atom. The van der Waals surface area contributed by atoms with Crippen molar-refractivity contribution in [3.05, 3.63) is 53.3 Å². The fourth-order valence-electron chi connectivity index (χ4n) is 2.68. The van der Waals surface area contributed by atoms with E-state index in [1.54, 1.807) is 17.2 Å². The normalized spacial score (nSPS) is 14.6. The summed E-state index contributed by atoms with van der Waals surface area (Å²) >= 11 is 0.